The van der Waals surface area contributed by atoms with Gasteiger partial charge in [-0.15, -0.1) is 0 Å². The first kappa shape index (κ1) is 12.9. The molecule has 2 heteroatoms. The van der Waals surface area contributed by atoms with E-state index in [9.17, 15) is 0 Å². The fourth-order valence-corrected chi connectivity index (χ4v) is 3.70. The second-order valence-electron chi connectivity index (χ2n) is 6.87. The van der Waals surface area contributed by atoms with Crippen LogP contribution in [0, 0.1) is 17.8 Å². The minimum atomic E-state index is 0.807. The highest BCUT2D eigenvalue weighted by atomic mass is 15.1. The van der Waals surface area contributed by atoms with Crippen LogP contribution in [0.1, 0.15) is 51.9 Å². The van der Waals surface area contributed by atoms with E-state index in [0.717, 1.165) is 23.8 Å². The predicted octanol–water partition coefficient (Wildman–Crippen LogP) is 2.89. The van der Waals surface area contributed by atoms with Crippen molar-refractivity contribution in [2.45, 2.75) is 57.9 Å². The Labute approximate surface area is 113 Å². The van der Waals surface area contributed by atoms with Gasteiger partial charge in [-0.2, -0.15) is 0 Å². The van der Waals surface area contributed by atoms with Gasteiger partial charge in [0.05, 0.1) is 0 Å². The first-order chi connectivity index (χ1) is 8.86. The van der Waals surface area contributed by atoms with Gasteiger partial charge in [0.2, 0.25) is 0 Å². The van der Waals surface area contributed by atoms with Crippen molar-refractivity contribution in [2.75, 3.05) is 26.2 Å². The summed E-state index contributed by atoms with van der Waals surface area (Å²) in [6.07, 6.45) is 10.2. The molecule has 1 N–H and O–H groups in total. The smallest absolute Gasteiger partial charge is 0.00914 e. The Morgan fingerprint density at radius 1 is 1.00 bits per heavy atom. The monoisotopic (exact) mass is 250 g/mol. The van der Waals surface area contributed by atoms with Crippen LogP contribution < -0.4 is 5.32 Å². The van der Waals surface area contributed by atoms with E-state index in [1.165, 1.54) is 71.1 Å². The molecule has 0 atom stereocenters. The van der Waals surface area contributed by atoms with Crippen LogP contribution in [0.5, 0.6) is 0 Å². The van der Waals surface area contributed by atoms with Crippen LogP contribution in [0.25, 0.3) is 0 Å². The standard InChI is InChI=1S/C16H30N2/c1-2-9-17-15-7-10-18(11-8-15)12-16(13-3-4-13)14-5-6-14/h13-17H,2-12H2,1H3. The maximum Gasteiger partial charge on any atom is 0.00914 e. The van der Waals surface area contributed by atoms with Gasteiger partial charge in [0.25, 0.3) is 0 Å². The topological polar surface area (TPSA) is 15.3 Å². The minimum Gasteiger partial charge on any atom is -0.314 e. The minimum absolute atomic E-state index is 0.807. The Morgan fingerprint density at radius 2 is 1.61 bits per heavy atom. The fraction of sp³-hybridized carbons (Fsp3) is 1.00. The predicted molar refractivity (Wildman–Crippen MR) is 76.7 cm³/mol. The Balaban J connectivity index is 1.39. The number of hydrogen-bond acceptors (Lipinski definition) is 2. The van der Waals surface area contributed by atoms with E-state index in [1.807, 2.05) is 0 Å². The largest absolute Gasteiger partial charge is 0.314 e. The summed E-state index contributed by atoms with van der Waals surface area (Å²) in [6.45, 7) is 7.58. The van der Waals surface area contributed by atoms with Crippen molar-refractivity contribution in [2.24, 2.45) is 17.8 Å². The van der Waals surface area contributed by atoms with Gasteiger partial charge in [0, 0.05) is 12.6 Å². The third-order valence-corrected chi connectivity index (χ3v) is 5.19. The van der Waals surface area contributed by atoms with E-state index in [2.05, 4.69) is 17.1 Å². The molecule has 0 bridgehead atoms. The first-order valence-corrected chi connectivity index (χ1v) is 8.32. The van der Waals surface area contributed by atoms with E-state index in [0.29, 0.717) is 0 Å². The molecule has 2 nitrogen and oxygen atoms in total. The Hall–Kier alpha value is -0.0800. The van der Waals surface area contributed by atoms with Gasteiger partial charge >= 0.3 is 0 Å². The summed E-state index contributed by atoms with van der Waals surface area (Å²) < 4.78 is 0. The van der Waals surface area contributed by atoms with Gasteiger partial charge in [-0.3, -0.25) is 0 Å². The van der Waals surface area contributed by atoms with Crippen molar-refractivity contribution >= 4 is 0 Å². The molecule has 0 aromatic rings. The van der Waals surface area contributed by atoms with Gasteiger partial charge in [0.1, 0.15) is 0 Å². The van der Waals surface area contributed by atoms with Crippen LogP contribution in [-0.4, -0.2) is 37.1 Å². The average molecular weight is 250 g/mol. The summed E-state index contributed by atoms with van der Waals surface area (Å²) >= 11 is 0. The molecular weight excluding hydrogens is 220 g/mol. The number of piperidine rings is 1. The molecule has 104 valence electrons. The number of likely N-dealkylation sites (tertiary alicyclic amines) is 1. The van der Waals surface area contributed by atoms with Gasteiger partial charge in [0.15, 0.2) is 0 Å². The average Bonchev–Trinajstić information content (AvgIpc) is 3.28. The molecule has 0 amide bonds. The molecule has 0 aromatic carbocycles. The lowest BCUT2D eigenvalue weighted by Gasteiger charge is -2.35. The van der Waals surface area contributed by atoms with Crippen LogP contribution >= 0.6 is 0 Å². The van der Waals surface area contributed by atoms with Crippen LogP contribution in [0.2, 0.25) is 0 Å². The van der Waals surface area contributed by atoms with Crippen molar-refractivity contribution < 1.29 is 0 Å². The third kappa shape index (κ3) is 3.48. The number of hydrogen-bond donors (Lipinski definition) is 1. The van der Waals surface area contributed by atoms with Crippen LogP contribution in [0.15, 0.2) is 0 Å². The molecule has 0 spiro atoms. The summed E-state index contributed by atoms with van der Waals surface area (Å²) in [5.74, 6) is 3.31. The zero-order chi connectivity index (χ0) is 12.4. The van der Waals surface area contributed by atoms with Gasteiger partial charge in [-0.1, -0.05) is 6.92 Å². The Bertz CT molecular complexity index is 238. The van der Waals surface area contributed by atoms with Crippen molar-refractivity contribution in [3.63, 3.8) is 0 Å². The molecule has 2 aliphatic carbocycles. The van der Waals surface area contributed by atoms with Gasteiger partial charge in [-0.25, -0.2) is 0 Å². The fourth-order valence-electron chi connectivity index (χ4n) is 3.70. The van der Waals surface area contributed by atoms with E-state index >= 15 is 0 Å². The van der Waals surface area contributed by atoms with Crippen LogP contribution in [0.4, 0.5) is 0 Å². The zero-order valence-electron chi connectivity index (χ0n) is 12.0. The van der Waals surface area contributed by atoms with E-state index in [-0.39, 0.29) is 0 Å². The molecule has 3 aliphatic rings. The highest BCUT2D eigenvalue weighted by Crippen LogP contribution is 2.49. The highest BCUT2D eigenvalue weighted by Gasteiger charge is 2.42. The number of nitrogens with one attached hydrogen (secondary N) is 1. The molecule has 1 heterocycles. The summed E-state index contributed by atoms with van der Waals surface area (Å²) in [5, 5.41) is 3.69. The normalized spacial score (nSPS) is 27.0. The SMILES string of the molecule is CCCNC1CCN(CC(C2CC2)C2CC2)CC1. The van der Waals surface area contributed by atoms with E-state index in [4.69, 9.17) is 0 Å². The lowest BCUT2D eigenvalue weighted by molar-refractivity contribution is 0.156. The van der Waals surface area contributed by atoms with Crippen LogP contribution in [-0.2, 0) is 0 Å². The molecule has 18 heavy (non-hydrogen) atoms. The molecule has 0 unspecified atom stereocenters. The summed E-state index contributed by atoms with van der Waals surface area (Å²) in [5.41, 5.74) is 0. The third-order valence-electron chi connectivity index (χ3n) is 5.19. The molecule has 1 saturated heterocycles. The van der Waals surface area contributed by atoms with Crippen molar-refractivity contribution in [3.05, 3.63) is 0 Å². The van der Waals surface area contributed by atoms with Gasteiger partial charge < -0.3 is 10.2 Å². The van der Waals surface area contributed by atoms with E-state index < -0.39 is 0 Å². The molecule has 1 aliphatic heterocycles. The molecule has 2 saturated carbocycles. The number of rotatable bonds is 7. The number of nitrogens with zero attached hydrogens (tertiary/aromatic N) is 1. The van der Waals surface area contributed by atoms with Crippen molar-refractivity contribution in [1.82, 2.24) is 10.2 Å². The molecule has 3 rings (SSSR count). The van der Waals surface area contributed by atoms with Crippen LogP contribution in [0.3, 0.4) is 0 Å². The van der Waals surface area contributed by atoms with Crippen molar-refractivity contribution in [3.8, 4) is 0 Å². The lowest BCUT2D eigenvalue weighted by Crippen LogP contribution is -2.44. The second kappa shape index (κ2) is 5.92. The van der Waals surface area contributed by atoms with E-state index in [1.54, 1.807) is 0 Å². The quantitative estimate of drug-likeness (QED) is 0.747. The van der Waals surface area contributed by atoms with Crippen molar-refractivity contribution in [1.29, 1.82) is 0 Å². The maximum absolute atomic E-state index is 3.69. The Kier molecular flexibility index (Phi) is 4.25. The Morgan fingerprint density at radius 3 is 2.11 bits per heavy atom. The molecule has 0 aromatic heterocycles. The second-order valence-corrected chi connectivity index (χ2v) is 6.87. The van der Waals surface area contributed by atoms with Gasteiger partial charge in [-0.05, 0) is 82.3 Å². The summed E-state index contributed by atoms with van der Waals surface area (Å²) in [4.78, 5) is 2.77. The molecule has 0 radical (unpaired) electrons. The zero-order valence-corrected chi connectivity index (χ0v) is 12.0. The molecule has 3 fully saturated rings. The summed E-state index contributed by atoms with van der Waals surface area (Å²) in [7, 11) is 0. The summed E-state index contributed by atoms with van der Waals surface area (Å²) in [6, 6.07) is 0.807. The molecular formula is C16H30N2. The maximum atomic E-state index is 3.69. The highest BCUT2D eigenvalue weighted by molar-refractivity contribution is 4.93. The lowest BCUT2D eigenvalue weighted by atomic mass is 9.95. The first-order valence-electron chi connectivity index (χ1n) is 8.32.